The number of aromatic nitrogens is 1. The number of pyridine rings is 1. The van der Waals surface area contributed by atoms with Crippen molar-refractivity contribution in [2.45, 2.75) is 83.7 Å². The van der Waals surface area contributed by atoms with E-state index in [0.717, 1.165) is 50.0 Å². The zero-order valence-corrected chi connectivity index (χ0v) is 17.6. The van der Waals surface area contributed by atoms with Crippen molar-refractivity contribution in [2.24, 2.45) is 0 Å². The van der Waals surface area contributed by atoms with Gasteiger partial charge in [-0.1, -0.05) is 0 Å². The number of carbonyl (C=O) groups is 1. The van der Waals surface area contributed by atoms with E-state index in [4.69, 9.17) is 19.5 Å². The zero-order chi connectivity index (χ0) is 20.8. The minimum absolute atomic E-state index is 0.0854. The van der Waals surface area contributed by atoms with Crippen molar-refractivity contribution in [1.29, 1.82) is 5.26 Å². The summed E-state index contributed by atoms with van der Waals surface area (Å²) in [7, 11) is 0. The molecule has 2 fully saturated rings. The highest BCUT2D eigenvalue weighted by Gasteiger charge is 2.29. The van der Waals surface area contributed by atoms with E-state index in [1.165, 1.54) is 0 Å². The maximum absolute atomic E-state index is 12.0. The van der Waals surface area contributed by atoms with E-state index < -0.39 is 0 Å². The Bertz CT molecular complexity index is 730. The quantitative estimate of drug-likeness (QED) is 0.742. The number of carbonyl (C=O) groups excluding carboxylic acids is 1. The van der Waals surface area contributed by atoms with Crippen LogP contribution in [0, 0.1) is 18.3 Å². The van der Waals surface area contributed by atoms with Gasteiger partial charge < -0.3 is 19.1 Å². The number of amides is 1. The molecule has 0 unspecified atom stereocenters. The van der Waals surface area contributed by atoms with Crippen molar-refractivity contribution in [3.05, 3.63) is 23.5 Å². The van der Waals surface area contributed by atoms with Gasteiger partial charge in [0.05, 0.1) is 30.1 Å². The minimum atomic E-state index is -0.219. The van der Waals surface area contributed by atoms with E-state index in [9.17, 15) is 4.79 Å². The van der Waals surface area contributed by atoms with Crippen molar-refractivity contribution in [3.8, 4) is 11.8 Å². The molecule has 2 heterocycles. The molecule has 1 aromatic rings. The largest absolute Gasteiger partial charge is 0.489 e. The highest BCUT2D eigenvalue weighted by molar-refractivity contribution is 5.67. The van der Waals surface area contributed by atoms with Crippen LogP contribution in [-0.2, 0) is 9.47 Å². The van der Waals surface area contributed by atoms with Crippen LogP contribution < -0.4 is 4.74 Å². The van der Waals surface area contributed by atoms with Crippen molar-refractivity contribution >= 4 is 6.09 Å². The van der Waals surface area contributed by atoms with E-state index in [-0.39, 0.29) is 30.5 Å². The molecular weight excluding hydrogens is 370 g/mol. The second kappa shape index (κ2) is 9.93. The number of aryl methyl sites for hydroxylation is 1. The normalized spacial score (nSPS) is 22.9. The van der Waals surface area contributed by atoms with Crippen LogP contribution in [0.3, 0.4) is 0 Å². The van der Waals surface area contributed by atoms with Gasteiger partial charge in [0, 0.05) is 13.1 Å². The SMILES string of the molecule is Cc1nc(C#N)ccc1OC1CCC(OC2CCN(C(=O)OC(C)C)CC2)CC1. The average molecular weight is 402 g/mol. The fraction of sp³-hybridized carbons (Fsp3) is 0.682. The lowest BCUT2D eigenvalue weighted by Gasteiger charge is -2.36. The van der Waals surface area contributed by atoms with Crippen LogP contribution in [-0.4, -0.2) is 53.5 Å². The molecule has 0 N–H and O–H groups in total. The minimum Gasteiger partial charge on any atom is -0.489 e. The predicted octanol–water partition coefficient (Wildman–Crippen LogP) is 3.98. The molecule has 1 amide bonds. The summed E-state index contributed by atoms with van der Waals surface area (Å²) in [6, 6.07) is 5.58. The van der Waals surface area contributed by atoms with Gasteiger partial charge in [0.1, 0.15) is 17.5 Å². The molecule has 1 aliphatic carbocycles. The molecule has 0 spiro atoms. The molecule has 7 heteroatoms. The second-order valence-electron chi connectivity index (χ2n) is 8.16. The summed E-state index contributed by atoms with van der Waals surface area (Å²) in [6.45, 7) is 6.99. The summed E-state index contributed by atoms with van der Waals surface area (Å²) in [6.07, 6.45) is 5.90. The number of likely N-dealkylation sites (tertiary alicyclic amines) is 1. The first-order valence-electron chi connectivity index (χ1n) is 10.6. The number of rotatable bonds is 5. The molecule has 7 nitrogen and oxygen atoms in total. The fourth-order valence-electron chi connectivity index (χ4n) is 3.92. The van der Waals surface area contributed by atoms with Crippen LogP contribution in [0.4, 0.5) is 4.79 Å². The van der Waals surface area contributed by atoms with Crippen molar-refractivity contribution in [3.63, 3.8) is 0 Å². The highest BCUT2D eigenvalue weighted by Crippen LogP contribution is 2.29. The Kier molecular flexibility index (Phi) is 7.32. The van der Waals surface area contributed by atoms with Crippen LogP contribution >= 0.6 is 0 Å². The Balaban J connectivity index is 1.38. The van der Waals surface area contributed by atoms with Gasteiger partial charge in [-0.25, -0.2) is 9.78 Å². The number of hydrogen-bond donors (Lipinski definition) is 0. The molecule has 2 aliphatic rings. The van der Waals surface area contributed by atoms with Gasteiger partial charge in [-0.3, -0.25) is 0 Å². The third-order valence-corrected chi connectivity index (χ3v) is 5.49. The second-order valence-corrected chi connectivity index (χ2v) is 8.16. The van der Waals surface area contributed by atoms with E-state index in [1.54, 1.807) is 11.0 Å². The molecule has 0 aromatic carbocycles. The molecule has 1 saturated heterocycles. The van der Waals surface area contributed by atoms with Crippen LogP contribution in [0.1, 0.15) is 63.8 Å². The maximum Gasteiger partial charge on any atom is 0.410 e. The van der Waals surface area contributed by atoms with Crippen molar-refractivity contribution in [2.75, 3.05) is 13.1 Å². The van der Waals surface area contributed by atoms with Crippen LogP contribution in [0.2, 0.25) is 0 Å². The highest BCUT2D eigenvalue weighted by atomic mass is 16.6. The molecule has 1 saturated carbocycles. The lowest BCUT2D eigenvalue weighted by molar-refractivity contribution is -0.0657. The lowest BCUT2D eigenvalue weighted by atomic mass is 9.94. The standard InChI is InChI=1S/C22H31N3O4/c1-15(2)27-22(26)25-12-10-20(11-13-25)28-18-5-7-19(8-6-18)29-21-9-4-17(14-23)24-16(21)3/h4,9,15,18-20H,5-8,10-13H2,1-3H3. The molecule has 3 rings (SSSR count). The van der Waals surface area contributed by atoms with Gasteiger partial charge >= 0.3 is 6.09 Å². The van der Waals surface area contributed by atoms with Crippen LogP contribution in [0.15, 0.2) is 12.1 Å². The van der Waals surface area contributed by atoms with Gasteiger partial charge in [-0.2, -0.15) is 5.26 Å². The van der Waals surface area contributed by atoms with Gasteiger partial charge in [0.15, 0.2) is 0 Å². The molecule has 0 atom stereocenters. The summed E-state index contributed by atoms with van der Waals surface area (Å²) in [5, 5.41) is 8.92. The molecule has 158 valence electrons. The number of nitrogens with zero attached hydrogens (tertiary/aromatic N) is 3. The Labute approximate surface area is 172 Å². The van der Waals surface area contributed by atoms with E-state index in [0.29, 0.717) is 18.8 Å². The Morgan fingerprint density at radius 2 is 1.72 bits per heavy atom. The van der Waals surface area contributed by atoms with Gasteiger partial charge in [-0.15, -0.1) is 0 Å². The fourth-order valence-corrected chi connectivity index (χ4v) is 3.92. The topological polar surface area (TPSA) is 84.7 Å². The third kappa shape index (κ3) is 6.07. The molecule has 29 heavy (non-hydrogen) atoms. The van der Waals surface area contributed by atoms with Crippen LogP contribution in [0.25, 0.3) is 0 Å². The Hall–Kier alpha value is -2.33. The lowest BCUT2D eigenvalue weighted by Crippen LogP contribution is -2.43. The number of ether oxygens (including phenoxy) is 3. The monoisotopic (exact) mass is 401 g/mol. The number of piperidine rings is 1. The summed E-state index contributed by atoms with van der Waals surface area (Å²) >= 11 is 0. The Morgan fingerprint density at radius 1 is 1.10 bits per heavy atom. The summed E-state index contributed by atoms with van der Waals surface area (Å²) in [5.74, 6) is 0.758. The van der Waals surface area contributed by atoms with Crippen molar-refractivity contribution in [1.82, 2.24) is 9.88 Å². The van der Waals surface area contributed by atoms with Gasteiger partial charge in [0.2, 0.25) is 0 Å². The molecule has 1 aliphatic heterocycles. The van der Waals surface area contributed by atoms with E-state index in [1.807, 2.05) is 32.9 Å². The Morgan fingerprint density at radius 3 is 2.31 bits per heavy atom. The molecule has 0 bridgehead atoms. The number of hydrogen-bond acceptors (Lipinski definition) is 6. The first-order chi connectivity index (χ1) is 13.9. The summed E-state index contributed by atoms with van der Waals surface area (Å²) < 4.78 is 17.7. The molecule has 1 aromatic heterocycles. The van der Waals surface area contributed by atoms with Crippen molar-refractivity contribution < 1.29 is 19.0 Å². The third-order valence-electron chi connectivity index (χ3n) is 5.49. The van der Waals surface area contributed by atoms with E-state index >= 15 is 0 Å². The first-order valence-corrected chi connectivity index (χ1v) is 10.6. The first kappa shape index (κ1) is 21.4. The summed E-state index contributed by atoms with van der Waals surface area (Å²) in [5.41, 5.74) is 1.17. The maximum atomic E-state index is 12.0. The average Bonchev–Trinajstić information content (AvgIpc) is 2.71. The van der Waals surface area contributed by atoms with E-state index in [2.05, 4.69) is 4.98 Å². The van der Waals surface area contributed by atoms with Crippen LogP contribution in [0.5, 0.6) is 5.75 Å². The molecule has 0 radical (unpaired) electrons. The summed E-state index contributed by atoms with van der Waals surface area (Å²) in [4.78, 5) is 18.0. The molecular formula is C22H31N3O4. The number of nitriles is 1. The predicted molar refractivity (Wildman–Crippen MR) is 108 cm³/mol. The zero-order valence-electron chi connectivity index (χ0n) is 17.6. The van der Waals surface area contributed by atoms with Gasteiger partial charge in [-0.05, 0) is 71.4 Å². The smallest absolute Gasteiger partial charge is 0.410 e. The van der Waals surface area contributed by atoms with Gasteiger partial charge in [0.25, 0.3) is 0 Å².